The summed E-state index contributed by atoms with van der Waals surface area (Å²) in [7, 11) is 0. The molecule has 0 spiro atoms. The minimum Gasteiger partial charge on any atom is -0.350 e. The van der Waals surface area contributed by atoms with Crippen LogP contribution in [0.5, 0.6) is 0 Å². The highest BCUT2D eigenvalue weighted by Gasteiger charge is 2.31. The Hall–Kier alpha value is -0.0300. The number of nitrogens with zero attached hydrogens (tertiary/aromatic N) is 1. The van der Waals surface area contributed by atoms with E-state index in [1.54, 1.807) is 4.90 Å². The Morgan fingerprint density at radius 1 is 1.39 bits per heavy atom. The van der Waals surface area contributed by atoms with Crippen molar-refractivity contribution < 1.29 is 14.3 Å². The van der Waals surface area contributed by atoms with Gasteiger partial charge >= 0.3 is 0 Å². The lowest BCUT2D eigenvalue weighted by atomic mass is 9.96. The maximum absolute atomic E-state index is 11.8. The number of hydrogen-bond donors (Lipinski definition) is 0. The van der Waals surface area contributed by atoms with Gasteiger partial charge in [0.1, 0.15) is 0 Å². The van der Waals surface area contributed by atoms with Gasteiger partial charge < -0.3 is 14.4 Å². The Labute approximate surface area is 119 Å². The molecule has 4 nitrogen and oxygen atoms in total. The SMILES string of the molecule is CCCN(CC1OCC(C)(C)CO1)C(=O)C(Cl)Cl. The van der Waals surface area contributed by atoms with Gasteiger partial charge in [0.25, 0.3) is 5.91 Å². The topological polar surface area (TPSA) is 38.8 Å². The molecule has 1 aliphatic heterocycles. The first-order valence-corrected chi connectivity index (χ1v) is 7.03. The highest BCUT2D eigenvalue weighted by Crippen LogP contribution is 2.23. The fraction of sp³-hybridized carbons (Fsp3) is 0.917. The summed E-state index contributed by atoms with van der Waals surface area (Å²) in [6, 6.07) is 0. The second-order valence-corrected chi connectivity index (χ2v) is 6.40. The van der Waals surface area contributed by atoms with Crippen LogP contribution < -0.4 is 0 Å². The van der Waals surface area contributed by atoms with Crippen molar-refractivity contribution in [1.82, 2.24) is 4.90 Å². The van der Waals surface area contributed by atoms with Crippen LogP contribution in [0, 0.1) is 5.41 Å². The van der Waals surface area contributed by atoms with E-state index in [0.29, 0.717) is 26.3 Å². The molecule has 0 unspecified atom stereocenters. The zero-order valence-electron chi connectivity index (χ0n) is 11.1. The molecule has 1 heterocycles. The maximum atomic E-state index is 11.8. The van der Waals surface area contributed by atoms with E-state index in [1.165, 1.54) is 0 Å². The molecule has 1 amide bonds. The number of amides is 1. The molecule has 0 aromatic carbocycles. The molecule has 1 aliphatic rings. The van der Waals surface area contributed by atoms with Gasteiger partial charge in [-0.1, -0.05) is 44.0 Å². The van der Waals surface area contributed by atoms with Gasteiger partial charge in [-0.3, -0.25) is 4.79 Å². The number of ether oxygens (including phenoxy) is 2. The fourth-order valence-electron chi connectivity index (χ4n) is 1.71. The van der Waals surface area contributed by atoms with Crippen molar-refractivity contribution >= 4 is 29.1 Å². The van der Waals surface area contributed by atoms with Gasteiger partial charge in [0.2, 0.25) is 0 Å². The molecule has 6 heteroatoms. The van der Waals surface area contributed by atoms with E-state index >= 15 is 0 Å². The molecule has 0 aliphatic carbocycles. The lowest BCUT2D eigenvalue weighted by molar-refractivity contribution is -0.227. The Bertz CT molecular complexity index is 274. The third-order valence-corrected chi connectivity index (χ3v) is 3.05. The molecule has 0 bridgehead atoms. The zero-order chi connectivity index (χ0) is 13.8. The van der Waals surface area contributed by atoms with Crippen molar-refractivity contribution in [1.29, 1.82) is 0 Å². The molecule has 18 heavy (non-hydrogen) atoms. The summed E-state index contributed by atoms with van der Waals surface area (Å²) in [6.45, 7) is 8.36. The van der Waals surface area contributed by atoms with E-state index in [0.717, 1.165) is 6.42 Å². The summed E-state index contributed by atoms with van der Waals surface area (Å²) in [5, 5.41) is 0. The molecule has 0 saturated carbocycles. The van der Waals surface area contributed by atoms with Crippen LogP contribution in [0.2, 0.25) is 0 Å². The summed E-state index contributed by atoms with van der Waals surface area (Å²) in [5.74, 6) is -0.294. The second kappa shape index (κ2) is 6.94. The predicted molar refractivity (Wildman–Crippen MR) is 71.8 cm³/mol. The molecular formula is C12H21Cl2NO3. The number of hydrogen-bond acceptors (Lipinski definition) is 3. The highest BCUT2D eigenvalue weighted by molar-refractivity contribution is 6.53. The van der Waals surface area contributed by atoms with Gasteiger partial charge in [-0.2, -0.15) is 0 Å². The molecule has 0 radical (unpaired) electrons. The average Bonchev–Trinajstić information content (AvgIpc) is 2.30. The van der Waals surface area contributed by atoms with Gasteiger partial charge in [0.05, 0.1) is 19.8 Å². The van der Waals surface area contributed by atoms with Crippen molar-refractivity contribution in [3.63, 3.8) is 0 Å². The van der Waals surface area contributed by atoms with Gasteiger partial charge in [-0.05, 0) is 6.42 Å². The molecule has 0 aromatic rings. The van der Waals surface area contributed by atoms with Crippen molar-refractivity contribution in [3.8, 4) is 0 Å². The van der Waals surface area contributed by atoms with Crippen LogP contribution in [-0.2, 0) is 14.3 Å². The smallest absolute Gasteiger partial charge is 0.256 e. The average molecular weight is 298 g/mol. The first-order valence-electron chi connectivity index (χ1n) is 6.16. The Morgan fingerprint density at radius 2 is 1.94 bits per heavy atom. The molecular weight excluding hydrogens is 277 g/mol. The molecule has 0 N–H and O–H groups in total. The van der Waals surface area contributed by atoms with Crippen LogP contribution in [0.1, 0.15) is 27.2 Å². The van der Waals surface area contributed by atoms with E-state index in [9.17, 15) is 4.79 Å². The minimum absolute atomic E-state index is 0.0254. The summed E-state index contributed by atoms with van der Waals surface area (Å²) >= 11 is 11.2. The van der Waals surface area contributed by atoms with Gasteiger partial charge in [-0.25, -0.2) is 0 Å². The minimum atomic E-state index is -1.03. The first kappa shape index (κ1) is 16.0. The first-order chi connectivity index (χ1) is 8.35. The van der Waals surface area contributed by atoms with Crippen molar-refractivity contribution in [2.45, 2.75) is 38.3 Å². The number of alkyl halides is 2. The molecule has 106 valence electrons. The lowest BCUT2D eigenvalue weighted by Gasteiger charge is -2.36. The monoisotopic (exact) mass is 297 g/mol. The molecule has 1 fully saturated rings. The van der Waals surface area contributed by atoms with Crippen LogP contribution in [-0.4, -0.2) is 48.2 Å². The normalized spacial score (nSPS) is 20.1. The van der Waals surface area contributed by atoms with E-state index in [2.05, 4.69) is 13.8 Å². The fourth-order valence-corrected chi connectivity index (χ4v) is 1.99. The summed E-state index contributed by atoms with van der Waals surface area (Å²) in [4.78, 5) is 12.3. The van der Waals surface area contributed by atoms with E-state index in [4.69, 9.17) is 32.7 Å². The third-order valence-electron chi connectivity index (χ3n) is 2.68. The van der Waals surface area contributed by atoms with Crippen LogP contribution in [0.15, 0.2) is 0 Å². The van der Waals surface area contributed by atoms with Crippen LogP contribution >= 0.6 is 23.2 Å². The van der Waals surface area contributed by atoms with E-state index in [-0.39, 0.29) is 17.6 Å². The molecule has 0 atom stereocenters. The molecule has 0 aromatic heterocycles. The van der Waals surface area contributed by atoms with Crippen LogP contribution in [0.4, 0.5) is 0 Å². The largest absolute Gasteiger partial charge is 0.350 e. The van der Waals surface area contributed by atoms with E-state index in [1.807, 2.05) is 6.92 Å². The van der Waals surface area contributed by atoms with Gasteiger partial charge in [-0.15, -0.1) is 0 Å². The Balaban J connectivity index is 2.49. The predicted octanol–water partition coefficient (Wildman–Crippen LogP) is 2.43. The second-order valence-electron chi connectivity index (χ2n) is 5.30. The summed E-state index contributed by atoms with van der Waals surface area (Å²) in [6.07, 6.45) is 0.449. The van der Waals surface area contributed by atoms with E-state index < -0.39 is 4.84 Å². The van der Waals surface area contributed by atoms with Crippen LogP contribution in [0.25, 0.3) is 0 Å². The van der Waals surface area contributed by atoms with Crippen LogP contribution in [0.3, 0.4) is 0 Å². The van der Waals surface area contributed by atoms with Crippen molar-refractivity contribution in [2.24, 2.45) is 5.41 Å². The van der Waals surface area contributed by atoms with Crippen molar-refractivity contribution in [2.75, 3.05) is 26.3 Å². The number of carbonyl (C=O) groups excluding carboxylic acids is 1. The zero-order valence-corrected chi connectivity index (χ0v) is 12.6. The number of carbonyl (C=O) groups is 1. The maximum Gasteiger partial charge on any atom is 0.256 e. The Morgan fingerprint density at radius 3 is 2.39 bits per heavy atom. The quantitative estimate of drug-likeness (QED) is 0.732. The number of rotatable bonds is 5. The number of halogens is 2. The van der Waals surface area contributed by atoms with Gasteiger partial charge in [0.15, 0.2) is 11.1 Å². The van der Waals surface area contributed by atoms with Crippen molar-refractivity contribution in [3.05, 3.63) is 0 Å². The standard InChI is InChI=1S/C12H21Cl2NO3/c1-4-5-15(11(16)10(13)14)6-9-17-7-12(2,3)8-18-9/h9-10H,4-8H2,1-3H3. The Kier molecular flexibility index (Phi) is 6.18. The summed E-state index contributed by atoms with van der Waals surface area (Å²) in [5.41, 5.74) is 0.0254. The molecule has 1 rings (SSSR count). The van der Waals surface area contributed by atoms with Gasteiger partial charge in [0, 0.05) is 12.0 Å². The lowest BCUT2D eigenvalue weighted by Crippen LogP contribution is -2.47. The summed E-state index contributed by atoms with van der Waals surface area (Å²) < 4.78 is 11.2. The third kappa shape index (κ3) is 4.92. The molecule has 1 saturated heterocycles. The highest BCUT2D eigenvalue weighted by atomic mass is 35.5.